The second-order valence-electron chi connectivity index (χ2n) is 4.67. The monoisotopic (exact) mass is 256 g/mol. The minimum atomic E-state index is 0.262. The van der Waals surface area contributed by atoms with Gasteiger partial charge >= 0.3 is 0 Å². The molecule has 1 aromatic rings. The van der Waals surface area contributed by atoms with Gasteiger partial charge in [0, 0.05) is 26.4 Å². The van der Waals surface area contributed by atoms with Crippen LogP contribution >= 0.6 is 11.3 Å². The second kappa shape index (κ2) is 8.65. The lowest BCUT2D eigenvalue weighted by atomic mass is 10.1. The minimum absolute atomic E-state index is 0.262. The number of nitrogens with zero attached hydrogens (tertiary/aromatic N) is 1. The van der Waals surface area contributed by atoms with Crippen LogP contribution in [0.25, 0.3) is 0 Å². The molecule has 0 aliphatic heterocycles. The highest BCUT2D eigenvalue weighted by molar-refractivity contribution is 7.09. The van der Waals surface area contributed by atoms with Gasteiger partial charge in [-0.25, -0.2) is 0 Å². The summed E-state index contributed by atoms with van der Waals surface area (Å²) in [5.41, 5.74) is 3.55. The van der Waals surface area contributed by atoms with Crippen molar-refractivity contribution in [2.75, 3.05) is 6.61 Å². The lowest BCUT2D eigenvalue weighted by molar-refractivity contribution is -0.698. The molecule has 0 aliphatic carbocycles. The van der Waals surface area contributed by atoms with E-state index in [0.717, 1.165) is 13.0 Å². The van der Waals surface area contributed by atoms with Crippen molar-refractivity contribution in [2.24, 2.45) is 0 Å². The summed E-state index contributed by atoms with van der Waals surface area (Å²) >= 11 is 1.78. The molecule has 3 heteroatoms. The van der Waals surface area contributed by atoms with Crippen molar-refractivity contribution < 1.29 is 9.67 Å². The summed E-state index contributed by atoms with van der Waals surface area (Å²) < 4.78 is 2.34. The van der Waals surface area contributed by atoms with Gasteiger partial charge < -0.3 is 5.11 Å². The molecule has 0 bridgehead atoms. The molecule has 1 heterocycles. The van der Waals surface area contributed by atoms with Crippen LogP contribution in [0.3, 0.4) is 0 Å². The van der Waals surface area contributed by atoms with Gasteiger partial charge in [-0.3, -0.25) is 0 Å². The lowest BCUT2D eigenvalue weighted by Gasteiger charge is -1.98. The van der Waals surface area contributed by atoms with Gasteiger partial charge in [-0.2, -0.15) is 4.57 Å². The number of aryl methyl sites for hydroxylation is 1. The van der Waals surface area contributed by atoms with Gasteiger partial charge in [0.2, 0.25) is 5.51 Å². The zero-order chi connectivity index (χ0) is 12.5. The zero-order valence-electron chi connectivity index (χ0n) is 11.2. The van der Waals surface area contributed by atoms with Crippen LogP contribution in [-0.2, 0) is 13.0 Å². The number of aliphatic hydroxyl groups is 1. The largest absolute Gasteiger partial charge is 0.396 e. The van der Waals surface area contributed by atoms with Gasteiger partial charge in [-0.05, 0) is 6.42 Å². The molecule has 17 heavy (non-hydrogen) atoms. The summed E-state index contributed by atoms with van der Waals surface area (Å²) in [6, 6.07) is 0. The number of unbranched alkanes of at least 4 members (excludes halogenated alkanes) is 5. The number of rotatable bonds is 9. The normalized spacial score (nSPS) is 11.0. The van der Waals surface area contributed by atoms with Gasteiger partial charge in [0.1, 0.15) is 6.54 Å². The Kier molecular flexibility index (Phi) is 7.45. The van der Waals surface area contributed by atoms with E-state index in [1.807, 2.05) is 0 Å². The maximum Gasteiger partial charge on any atom is 0.225 e. The molecule has 0 unspecified atom stereocenters. The van der Waals surface area contributed by atoms with Crippen LogP contribution in [0.2, 0.25) is 0 Å². The Morgan fingerprint density at radius 3 is 2.59 bits per heavy atom. The molecule has 98 valence electrons. The van der Waals surface area contributed by atoms with E-state index in [1.54, 1.807) is 11.3 Å². The van der Waals surface area contributed by atoms with Crippen LogP contribution in [0.4, 0.5) is 0 Å². The molecular formula is C14H26NOS+. The number of hydrogen-bond donors (Lipinski definition) is 1. The molecule has 0 fully saturated rings. The van der Waals surface area contributed by atoms with Gasteiger partial charge in [-0.15, -0.1) is 0 Å². The minimum Gasteiger partial charge on any atom is -0.396 e. The summed E-state index contributed by atoms with van der Waals surface area (Å²) in [4.78, 5) is 1.33. The van der Waals surface area contributed by atoms with E-state index in [4.69, 9.17) is 5.11 Å². The maximum atomic E-state index is 8.95. The fourth-order valence-electron chi connectivity index (χ4n) is 2.08. The predicted molar refractivity (Wildman–Crippen MR) is 73.4 cm³/mol. The standard InChI is InChI=1S/C14H26NOS/c1-3-4-5-6-7-8-10-15-12-17-14(9-11-16)13(15)2/h12,16H,3-11H2,1-2H3/q+1. The van der Waals surface area contributed by atoms with Gasteiger partial charge in [-0.1, -0.05) is 43.9 Å². The molecule has 2 nitrogen and oxygen atoms in total. The van der Waals surface area contributed by atoms with E-state index < -0.39 is 0 Å². The van der Waals surface area contributed by atoms with Gasteiger partial charge in [0.15, 0.2) is 5.69 Å². The third-order valence-corrected chi connectivity index (χ3v) is 4.39. The Morgan fingerprint density at radius 1 is 1.18 bits per heavy atom. The number of hydrogen-bond acceptors (Lipinski definition) is 2. The molecule has 0 saturated carbocycles. The zero-order valence-corrected chi connectivity index (χ0v) is 12.1. The van der Waals surface area contributed by atoms with Crippen LogP contribution in [-0.4, -0.2) is 11.7 Å². The first-order chi connectivity index (χ1) is 8.29. The average Bonchev–Trinajstić information content (AvgIpc) is 2.67. The van der Waals surface area contributed by atoms with Crippen molar-refractivity contribution >= 4 is 11.3 Å². The van der Waals surface area contributed by atoms with E-state index in [-0.39, 0.29) is 6.61 Å². The molecule has 1 aromatic heterocycles. The highest BCUT2D eigenvalue weighted by atomic mass is 32.1. The maximum absolute atomic E-state index is 8.95. The Hall–Kier alpha value is -0.410. The van der Waals surface area contributed by atoms with E-state index in [1.165, 1.54) is 49.1 Å². The Bertz CT molecular complexity index is 309. The first-order valence-electron chi connectivity index (χ1n) is 6.86. The molecular weight excluding hydrogens is 230 g/mol. The third kappa shape index (κ3) is 5.17. The first kappa shape index (κ1) is 14.7. The van der Waals surface area contributed by atoms with Crippen molar-refractivity contribution in [2.45, 2.75) is 65.3 Å². The summed E-state index contributed by atoms with van der Waals surface area (Å²) in [6.45, 7) is 5.82. The van der Waals surface area contributed by atoms with Crippen molar-refractivity contribution in [1.29, 1.82) is 0 Å². The Morgan fingerprint density at radius 2 is 1.88 bits per heavy atom. The molecule has 0 radical (unpaired) electrons. The summed E-state index contributed by atoms with van der Waals surface area (Å²) in [5, 5.41) is 8.95. The highest BCUT2D eigenvalue weighted by Crippen LogP contribution is 2.12. The van der Waals surface area contributed by atoms with Crippen LogP contribution in [0, 0.1) is 6.92 Å². The fraction of sp³-hybridized carbons (Fsp3) is 0.786. The van der Waals surface area contributed by atoms with E-state index in [0.29, 0.717) is 0 Å². The van der Waals surface area contributed by atoms with Crippen molar-refractivity contribution in [1.82, 2.24) is 0 Å². The van der Waals surface area contributed by atoms with Crippen molar-refractivity contribution in [3.8, 4) is 0 Å². The predicted octanol–water partition coefficient (Wildman–Crippen LogP) is 3.24. The number of aliphatic hydroxyl groups excluding tert-OH is 1. The summed E-state index contributed by atoms with van der Waals surface area (Å²) in [6.07, 6.45) is 8.90. The molecule has 0 amide bonds. The van der Waals surface area contributed by atoms with Gasteiger partial charge in [0.25, 0.3) is 0 Å². The fourth-order valence-corrected chi connectivity index (χ4v) is 3.09. The molecule has 1 N–H and O–H groups in total. The van der Waals surface area contributed by atoms with Crippen LogP contribution in [0.1, 0.15) is 56.0 Å². The van der Waals surface area contributed by atoms with Crippen LogP contribution < -0.4 is 4.57 Å². The smallest absolute Gasteiger partial charge is 0.225 e. The SMILES string of the molecule is CCCCCCCC[n+]1csc(CCO)c1C. The topological polar surface area (TPSA) is 24.1 Å². The molecule has 0 saturated heterocycles. The van der Waals surface area contributed by atoms with E-state index >= 15 is 0 Å². The molecule has 0 atom stereocenters. The quantitative estimate of drug-likeness (QED) is 0.532. The number of thiazole rings is 1. The molecule has 0 spiro atoms. The van der Waals surface area contributed by atoms with Crippen LogP contribution in [0.15, 0.2) is 5.51 Å². The second-order valence-corrected chi connectivity index (χ2v) is 5.61. The molecule has 1 rings (SSSR count). The van der Waals surface area contributed by atoms with Gasteiger partial charge in [0.05, 0.1) is 4.88 Å². The Balaban J connectivity index is 2.22. The summed E-state index contributed by atoms with van der Waals surface area (Å²) in [5.74, 6) is 0. The number of aromatic nitrogens is 1. The van der Waals surface area contributed by atoms with E-state index in [9.17, 15) is 0 Å². The highest BCUT2D eigenvalue weighted by Gasteiger charge is 2.13. The lowest BCUT2D eigenvalue weighted by Crippen LogP contribution is -2.34. The molecule has 0 aliphatic rings. The summed E-state index contributed by atoms with van der Waals surface area (Å²) in [7, 11) is 0. The average molecular weight is 256 g/mol. The third-order valence-electron chi connectivity index (χ3n) is 3.25. The molecule has 0 aromatic carbocycles. The Labute approximate surface area is 109 Å². The van der Waals surface area contributed by atoms with Crippen molar-refractivity contribution in [3.63, 3.8) is 0 Å². The first-order valence-corrected chi connectivity index (χ1v) is 7.74. The van der Waals surface area contributed by atoms with E-state index in [2.05, 4.69) is 23.9 Å². The van der Waals surface area contributed by atoms with Crippen molar-refractivity contribution in [3.05, 3.63) is 16.1 Å². The van der Waals surface area contributed by atoms with Crippen LogP contribution in [0.5, 0.6) is 0 Å².